The normalized spacial score (nSPS) is 16.0. The van der Waals surface area contributed by atoms with E-state index in [2.05, 4.69) is 10.2 Å². The molecular formula is C16H18N2O3. The lowest BCUT2D eigenvalue weighted by Gasteiger charge is -2.19. The summed E-state index contributed by atoms with van der Waals surface area (Å²) in [6.07, 6.45) is 7.08. The number of hydrogen-bond donors (Lipinski definition) is 1. The number of carboxylic acids is 1. The topological polar surface area (TPSA) is 76.2 Å². The summed E-state index contributed by atoms with van der Waals surface area (Å²) >= 11 is 0. The molecule has 0 amide bonds. The number of nitrogens with zero attached hydrogens (tertiary/aromatic N) is 2. The number of carbonyl (C=O) groups is 1. The van der Waals surface area contributed by atoms with Crippen LogP contribution in [-0.4, -0.2) is 21.3 Å². The molecule has 3 rings (SSSR count). The zero-order valence-corrected chi connectivity index (χ0v) is 11.8. The van der Waals surface area contributed by atoms with Gasteiger partial charge in [-0.2, -0.15) is 0 Å². The van der Waals surface area contributed by atoms with Gasteiger partial charge in [0.1, 0.15) is 0 Å². The van der Waals surface area contributed by atoms with E-state index in [0.717, 1.165) is 6.42 Å². The van der Waals surface area contributed by atoms with Crippen molar-refractivity contribution in [1.29, 1.82) is 0 Å². The molecule has 110 valence electrons. The smallest absolute Gasteiger partial charge is 0.336 e. The molecular weight excluding hydrogens is 268 g/mol. The molecule has 1 aromatic heterocycles. The van der Waals surface area contributed by atoms with E-state index in [-0.39, 0.29) is 5.56 Å². The molecule has 1 heterocycles. The van der Waals surface area contributed by atoms with E-state index < -0.39 is 5.97 Å². The van der Waals surface area contributed by atoms with Crippen molar-refractivity contribution in [3.8, 4) is 11.5 Å². The maximum Gasteiger partial charge on any atom is 0.336 e. The second-order valence-electron chi connectivity index (χ2n) is 5.56. The minimum absolute atomic E-state index is 0.186. The highest BCUT2D eigenvalue weighted by Gasteiger charge is 2.20. The zero-order valence-electron chi connectivity index (χ0n) is 11.8. The maximum absolute atomic E-state index is 11.2. The second-order valence-corrected chi connectivity index (χ2v) is 5.56. The van der Waals surface area contributed by atoms with E-state index in [1.54, 1.807) is 24.3 Å². The molecule has 5 nitrogen and oxygen atoms in total. The van der Waals surface area contributed by atoms with Crippen molar-refractivity contribution in [3.63, 3.8) is 0 Å². The lowest BCUT2D eigenvalue weighted by molar-refractivity contribution is 0.0697. The van der Waals surface area contributed by atoms with Gasteiger partial charge in [-0.15, -0.1) is 10.2 Å². The average Bonchev–Trinajstić information content (AvgIpc) is 2.96. The maximum atomic E-state index is 11.2. The van der Waals surface area contributed by atoms with Crippen molar-refractivity contribution in [2.45, 2.75) is 38.5 Å². The van der Waals surface area contributed by atoms with E-state index in [4.69, 9.17) is 4.42 Å². The van der Waals surface area contributed by atoms with Crippen LogP contribution < -0.4 is 0 Å². The SMILES string of the molecule is O=C(O)c1ccccc1-c1nnc(CC2CCCCC2)o1. The summed E-state index contributed by atoms with van der Waals surface area (Å²) in [5.41, 5.74) is 0.665. The molecule has 0 spiro atoms. The number of carboxylic acid groups (broad SMARTS) is 1. The highest BCUT2D eigenvalue weighted by molar-refractivity contribution is 5.94. The van der Waals surface area contributed by atoms with Crippen LogP contribution in [0.15, 0.2) is 28.7 Å². The molecule has 1 aliphatic rings. The second kappa shape index (κ2) is 6.08. The Morgan fingerprint density at radius 1 is 1.19 bits per heavy atom. The van der Waals surface area contributed by atoms with Crippen molar-refractivity contribution in [1.82, 2.24) is 10.2 Å². The lowest BCUT2D eigenvalue weighted by Crippen LogP contribution is -2.09. The van der Waals surface area contributed by atoms with Gasteiger partial charge in [-0.05, 0) is 30.9 Å². The first kappa shape index (κ1) is 13.8. The summed E-state index contributed by atoms with van der Waals surface area (Å²) in [5, 5.41) is 17.3. The molecule has 0 aliphatic heterocycles. The van der Waals surface area contributed by atoms with Crippen LogP contribution in [-0.2, 0) is 6.42 Å². The van der Waals surface area contributed by atoms with Gasteiger partial charge in [-0.1, -0.05) is 31.4 Å². The van der Waals surface area contributed by atoms with E-state index >= 15 is 0 Å². The van der Waals surface area contributed by atoms with Gasteiger partial charge in [0.25, 0.3) is 0 Å². The molecule has 1 N–H and O–H groups in total. The first-order chi connectivity index (χ1) is 10.2. The van der Waals surface area contributed by atoms with Crippen LogP contribution >= 0.6 is 0 Å². The number of hydrogen-bond acceptors (Lipinski definition) is 4. The lowest BCUT2D eigenvalue weighted by atomic mass is 9.87. The van der Waals surface area contributed by atoms with Gasteiger partial charge < -0.3 is 9.52 Å². The predicted octanol–water partition coefficient (Wildman–Crippen LogP) is 3.56. The largest absolute Gasteiger partial charge is 0.478 e. The third-order valence-electron chi connectivity index (χ3n) is 4.04. The minimum Gasteiger partial charge on any atom is -0.478 e. The third-order valence-corrected chi connectivity index (χ3v) is 4.04. The predicted molar refractivity (Wildman–Crippen MR) is 77.0 cm³/mol. The number of rotatable bonds is 4. The van der Waals surface area contributed by atoms with E-state index in [9.17, 15) is 9.90 Å². The first-order valence-corrected chi connectivity index (χ1v) is 7.39. The zero-order chi connectivity index (χ0) is 14.7. The molecule has 1 aliphatic carbocycles. The molecule has 1 aromatic carbocycles. The van der Waals surface area contributed by atoms with Gasteiger partial charge in [-0.3, -0.25) is 0 Å². The molecule has 2 aromatic rings. The van der Waals surface area contributed by atoms with Crippen LogP contribution in [0, 0.1) is 5.92 Å². The highest BCUT2D eigenvalue weighted by Crippen LogP contribution is 2.28. The fourth-order valence-corrected chi connectivity index (χ4v) is 2.94. The number of aromatic carboxylic acids is 1. The Morgan fingerprint density at radius 2 is 1.95 bits per heavy atom. The summed E-state index contributed by atoms with van der Waals surface area (Å²) in [5.74, 6) is 0.523. The van der Waals surface area contributed by atoms with Crippen LogP contribution in [0.2, 0.25) is 0 Å². The van der Waals surface area contributed by atoms with Gasteiger partial charge >= 0.3 is 5.97 Å². The summed E-state index contributed by atoms with van der Waals surface area (Å²) in [6, 6.07) is 6.70. The summed E-state index contributed by atoms with van der Waals surface area (Å²) in [4.78, 5) is 11.2. The molecule has 0 radical (unpaired) electrons. The van der Waals surface area contributed by atoms with E-state index in [1.807, 2.05) is 0 Å². The van der Waals surface area contributed by atoms with Gasteiger partial charge in [0, 0.05) is 6.42 Å². The highest BCUT2D eigenvalue weighted by atomic mass is 16.4. The molecule has 0 unspecified atom stereocenters. The Hall–Kier alpha value is -2.17. The quantitative estimate of drug-likeness (QED) is 0.930. The fraction of sp³-hybridized carbons (Fsp3) is 0.438. The average molecular weight is 286 g/mol. The van der Waals surface area contributed by atoms with Crippen LogP contribution in [0.5, 0.6) is 0 Å². The summed E-state index contributed by atoms with van der Waals surface area (Å²) in [7, 11) is 0. The Labute approximate surface area is 123 Å². The van der Waals surface area contributed by atoms with Crippen molar-refractivity contribution in [3.05, 3.63) is 35.7 Å². The van der Waals surface area contributed by atoms with E-state index in [1.165, 1.54) is 32.1 Å². The van der Waals surface area contributed by atoms with Crippen molar-refractivity contribution < 1.29 is 14.3 Å². The third kappa shape index (κ3) is 3.12. The Kier molecular flexibility index (Phi) is 3.99. The van der Waals surface area contributed by atoms with Gasteiger partial charge in [-0.25, -0.2) is 4.79 Å². The van der Waals surface area contributed by atoms with Crippen molar-refractivity contribution in [2.75, 3.05) is 0 Å². The molecule has 5 heteroatoms. The fourth-order valence-electron chi connectivity index (χ4n) is 2.94. The number of aromatic nitrogens is 2. The van der Waals surface area contributed by atoms with Crippen LogP contribution in [0.25, 0.3) is 11.5 Å². The summed E-state index contributed by atoms with van der Waals surface area (Å²) < 4.78 is 5.68. The van der Waals surface area contributed by atoms with Crippen LogP contribution in [0.1, 0.15) is 48.4 Å². The van der Waals surface area contributed by atoms with Crippen molar-refractivity contribution in [2.24, 2.45) is 5.92 Å². The molecule has 21 heavy (non-hydrogen) atoms. The first-order valence-electron chi connectivity index (χ1n) is 7.39. The van der Waals surface area contributed by atoms with Crippen LogP contribution in [0.3, 0.4) is 0 Å². The van der Waals surface area contributed by atoms with Gasteiger partial charge in [0.15, 0.2) is 0 Å². The Morgan fingerprint density at radius 3 is 2.71 bits per heavy atom. The van der Waals surface area contributed by atoms with E-state index in [0.29, 0.717) is 23.3 Å². The molecule has 0 atom stereocenters. The minimum atomic E-state index is -0.988. The molecule has 1 saturated carbocycles. The van der Waals surface area contributed by atoms with Gasteiger partial charge in [0.2, 0.25) is 11.8 Å². The van der Waals surface area contributed by atoms with Crippen molar-refractivity contribution >= 4 is 5.97 Å². The van der Waals surface area contributed by atoms with Crippen LogP contribution in [0.4, 0.5) is 0 Å². The monoisotopic (exact) mass is 286 g/mol. The summed E-state index contributed by atoms with van der Waals surface area (Å²) in [6.45, 7) is 0. The Bertz CT molecular complexity index is 630. The standard InChI is InChI=1S/C16H18N2O3/c19-16(20)13-9-5-4-8-12(13)15-18-17-14(21-15)10-11-6-2-1-3-7-11/h4-5,8-9,11H,1-3,6-7,10H2,(H,19,20). The molecule has 1 fully saturated rings. The molecule has 0 bridgehead atoms. The van der Waals surface area contributed by atoms with Gasteiger partial charge in [0.05, 0.1) is 11.1 Å². The number of benzene rings is 1. The molecule has 0 saturated heterocycles. The Balaban J connectivity index is 1.80.